The molecule has 7 nitrogen and oxygen atoms in total. The Labute approximate surface area is 142 Å². The monoisotopic (exact) mass is 333 g/mol. The van der Waals surface area contributed by atoms with Gasteiger partial charge in [-0.25, -0.2) is 4.68 Å². The van der Waals surface area contributed by atoms with Gasteiger partial charge in [0.05, 0.1) is 4.92 Å². The molecule has 2 aliphatic heterocycles. The number of rotatable bonds is 4. The molecule has 0 amide bonds. The van der Waals surface area contributed by atoms with Crippen LogP contribution in [0.3, 0.4) is 0 Å². The van der Waals surface area contributed by atoms with Gasteiger partial charge in [-0.05, 0) is 58.4 Å². The number of hydrogen-bond donors (Lipinski definition) is 0. The fraction of sp³-hybridized carbons (Fsp3) is 0.824. The quantitative estimate of drug-likeness (QED) is 0.626. The molecule has 3 aliphatic rings. The molecule has 3 heterocycles. The number of nitrogens with zero attached hydrogens (tertiary/aromatic N) is 5. The van der Waals surface area contributed by atoms with Crippen molar-refractivity contribution in [2.45, 2.75) is 64.6 Å². The summed E-state index contributed by atoms with van der Waals surface area (Å²) in [7, 11) is 0. The van der Waals surface area contributed by atoms with Gasteiger partial charge in [-0.2, -0.15) is 5.10 Å². The zero-order chi connectivity index (χ0) is 16.8. The zero-order valence-corrected chi connectivity index (χ0v) is 14.6. The van der Waals surface area contributed by atoms with E-state index in [0.29, 0.717) is 24.2 Å². The topological polar surface area (TPSA) is 67.4 Å². The van der Waals surface area contributed by atoms with Crippen LogP contribution in [0, 0.1) is 23.0 Å². The van der Waals surface area contributed by atoms with Crippen LogP contribution < -0.4 is 4.90 Å². The second-order valence-corrected chi connectivity index (χ2v) is 7.50. The lowest BCUT2D eigenvalue weighted by Gasteiger charge is -2.47. The minimum Gasteiger partial charge on any atom is -0.351 e. The molecule has 0 radical (unpaired) electrons. The van der Waals surface area contributed by atoms with E-state index in [-0.39, 0.29) is 10.6 Å². The van der Waals surface area contributed by atoms with E-state index in [9.17, 15) is 10.1 Å². The Morgan fingerprint density at radius 3 is 2.71 bits per heavy atom. The number of fused-ring (bicyclic) bond motifs is 1. The van der Waals surface area contributed by atoms with Gasteiger partial charge in [0.2, 0.25) is 5.82 Å². The summed E-state index contributed by atoms with van der Waals surface area (Å²) in [5, 5.41) is 16.0. The van der Waals surface area contributed by atoms with Gasteiger partial charge < -0.3 is 4.90 Å². The van der Waals surface area contributed by atoms with Crippen molar-refractivity contribution in [2.75, 3.05) is 24.5 Å². The highest BCUT2D eigenvalue weighted by molar-refractivity contribution is 5.61. The van der Waals surface area contributed by atoms with Crippen LogP contribution in [0.15, 0.2) is 0 Å². The van der Waals surface area contributed by atoms with Crippen molar-refractivity contribution in [1.29, 1.82) is 0 Å². The summed E-state index contributed by atoms with van der Waals surface area (Å²) in [5.74, 6) is 1.36. The van der Waals surface area contributed by atoms with Crippen LogP contribution in [0.2, 0.25) is 0 Å². The molecule has 1 aromatic heterocycles. The highest BCUT2D eigenvalue weighted by Gasteiger charge is 2.43. The van der Waals surface area contributed by atoms with Crippen LogP contribution >= 0.6 is 0 Å². The number of hydrogen-bond acceptors (Lipinski definition) is 5. The standard InChI is InChI=1S/C17H27N5O2/c1-3-21-17(16(22(23)24)12(2)18-21)19-10-8-15-13(11-19)5-4-9-20(15)14-6-7-14/h13-15H,3-11H2,1-2H3/t13-,15+/m0/s1. The van der Waals surface area contributed by atoms with Crippen LogP contribution in [0.25, 0.3) is 0 Å². The Hall–Kier alpha value is -1.63. The number of piperidine rings is 2. The minimum absolute atomic E-state index is 0.199. The normalized spacial score (nSPS) is 28.0. The number of anilines is 1. The SMILES string of the molecule is CCn1nc(C)c([N+](=O)[O-])c1N1CC[C@@H]2[C@@H](CCCN2C2CC2)C1. The van der Waals surface area contributed by atoms with Gasteiger partial charge in [0.25, 0.3) is 0 Å². The van der Waals surface area contributed by atoms with E-state index < -0.39 is 0 Å². The van der Waals surface area contributed by atoms with Crippen molar-refractivity contribution in [3.8, 4) is 0 Å². The summed E-state index contributed by atoms with van der Waals surface area (Å²) in [5.41, 5.74) is 0.729. The maximum absolute atomic E-state index is 11.6. The number of aryl methyl sites for hydroxylation is 2. The summed E-state index contributed by atoms with van der Waals surface area (Å²) >= 11 is 0. The molecule has 0 spiro atoms. The van der Waals surface area contributed by atoms with E-state index in [1.807, 2.05) is 11.6 Å². The van der Waals surface area contributed by atoms with E-state index in [1.54, 1.807) is 6.92 Å². The van der Waals surface area contributed by atoms with Gasteiger partial charge in [-0.15, -0.1) is 0 Å². The summed E-state index contributed by atoms with van der Waals surface area (Å²) < 4.78 is 1.81. The predicted molar refractivity (Wildman–Crippen MR) is 92.4 cm³/mol. The van der Waals surface area contributed by atoms with Crippen LogP contribution in [-0.2, 0) is 6.54 Å². The lowest BCUT2D eigenvalue weighted by molar-refractivity contribution is -0.384. The second kappa shape index (κ2) is 6.02. The molecule has 4 rings (SSSR count). The van der Waals surface area contributed by atoms with E-state index in [2.05, 4.69) is 14.9 Å². The number of likely N-dealkylation sites (tertiary alicyclic amines) is 1. The largest absolute Gasteiger partial charge is 0.351 e. The summed E-state index contributed by atoms with van der Waals surface area (Å²) in [6.45, 7) is 7.49. The molecule has 3 fully saturated rings. The average Bonchev–Trinajstić information content (AvgIpc) is 3.36. The first-order chi connectivity index (χ1) is 11.6. The van der Waals surface area contributed by atoms with Gasteiger partial charge in [0.15, 0.2) is 0 Å². The molecule has 24 heavy (non-hydrogen) atoms. The fourth-order valence-electron chi connectivity index (χ4n) is 4.80. The Kier molecular flexibility index (Phi) is 3.98. The molecule has 2 atom stereocenters. The first-order valence-corrected chi connectivity index (χ1v) is 9.32. The second-order valence-electron chi connectivity index (χ2n) is 7.50. The van der Waals surface area contributed by atoms with Crippen molar-refractivity contribution in [3.05, 3.63) is 15.8 Å². The minimum atomic E-state index is -0.257. The summed E-state index contributed by atoms with van der Waals surface area (Å²) in [6, 6.07) is 1.50. The number of nitro groups is 1. The van der Waals surface area contributed by atoms with Gasteiger partial charge in [0.1, 0.15) is 5.69 Å². The van der Waals surface area contributed by atoms with Gasteiger partial charge in [0, 0.05) is 31.7 Å². The molecule has 1 aromatic rings. The molecular formula is C17H27N5O2. The van der Waals surface area contributed by atoms with Crippen LogP contribution in [-0.4, -0.2) is 51.3 Å². The first-order valence-electron chi connectivity index (χ1n) is 9.32. The van der Waals surface area contributed by atoms with Crippen molar-refractivity contribution >= 4 is 11.5 Å². The third kappa shape index (κ3) is 2.59. The van der Waals surface area contributed by atoms with E-state index in [4.69, 9.17) is 0 Å². The van der Waals surface area contributed by atoms with Gasteiger partial charge in [-0.1, -0.05) is 0 Å². The number of aromatic nitrogens is 2. The zero-order valence-electron chi connectivity index (χ0n) is 14.6. The van der Waals surface area contributed by atoms with Crippen molar-refractivity contribution < 1.29 is 4.92 Å². The Morgan fingerprint density at radius 1 is 1.25 bits per heavy atom. The maximum atomic E-state index is 11.6. The third-order valence-electron chi connectivity index (χ3n) is 5.98. The Morgan fingerprint density at radius 2 is 2.04 bits per heavy atom. The first kappa shape index (κ1) is 15.9. The van der Waals surface area contributed by atoms with Crippen molar-refractivity contribution in [2.24, 2.45) is 5.92 Å². The smallest absolute Gasteiger partial charge is 0.333 e. The summed E-state index contributed by atoms with van der Waals surface area (Å²) in [4.78, 5) is 16.3. The lowest BCUT2D eigenvalue weighted by Crippen LogP contribution is -2.55. The molecule has 2 saturated heterocycles. The molecular weight excluding hydrogens is 306 g/mol. The Bertz CT molecular complexity index is 639. The van der Waals surface area contributed by atoms with Gasteiger partial charge >= 0.3 is 5.69 Å². The lowest BCUT2D eigenvalue weighted by atomic mass is 9.83. The van der Waals surface area contributed by atoms with Crippen molar-refractivity contribution in [3.63, 3.8) is 0 Å². The predicted octanol–water partition coefficient (Wildman–Crippen LogP) is 2.57. The highest BCUT2D eigenvalue weighted by atomic mass is 16.6. The van der Waals surface area contributed by atoms with E-state index in [0.717, 1.165) is 31.4 Å². The van der Waals surface area contributed by atoms with Crippen LogP contribution in [0.1, 0.15) is 44.7 Å². The molecule has 7 heteroatoms. The molecule has 0 bridgehead atoms. The molecule has 0 aromatic carbocycles. The van der Waals surface area contributed by atoms with E-state index in [1.165, 1.54) is 32.2 Å². The third-order valence-corrected chi connectivity index (χ3v) is 5.98. The van der Waals surface area contributed by atoms with Crippen molar-refractivity contribution in [1.82, 2.24) is 14.7 Å². The Balaban J connectivity index is 1.59. The molecule has 0 N–H and O–H groups in total. The fourth-order valence-corrected chi connectivity index (χ4v) is 4.80. The molecule has 1 saturated carbocycles. The molecule has 0 unspecified atom stereocenters. The van der Waals surface area contributed by atoms with Gasteiger partial charge in [-0.3, -0.25) is 15.0 Å². The highest BCUT2D eigenvalue weighted by Crippen LogP contribution is 2.41. The summed E-state index contributed by atoms with van der Waals surface area (Å²) in [6.07, 6.45) is 6.35. The maximum Gasteiger partial charge on any atom is 0.333 e. The molecule has 1 aliphatic carbocycles. The molecule has 132 valence electrons. The average molecular weight is 333 g/mol. The van der Waals surface area contributed by atoms with Crippen LogP contribution in [0.4, 0.5) is 11.5 Å². The van der Waals surface area contributed by atoms with Crippen LogP contribution in [0.5, 0.6) is 0 Å². The van der Waals surface area contributed by atoms with E-state index >= 15 is 0 Å².